The number of alkyl halides is 2. The first kappa shape index (κ1) is 23.3. The number of benzene rings is 1. The third-order valence-electron chi connectivity index (χ3n) is 3.72. The summed E-state index contributed by atoms with van der Waals surface area (Å²) in [7, 11) is 0. The van der Waals surface area contributed by atoms with Crippen LogP contribution in [-0.4, -0.2) is 56.9 Å². The number of guanidine groups is 1. The smallest absolute Gasteiger partial charge is 0.387 e. The molecule has 6 nitrogen and oxygen atoms in total. The summed E-state index contributed by atoms with van der Waals surface area (Å²) in [4.78, 5) is 6.53. The summed E-state index contributed by atoms with van der Waals surface area (Å²) < 4.78 is 35.4. The van der Waals surface area contributed by atoms with Crippen molar-refractivity contribution in [2.24, 2.45) is 10.7 Å². The molecular weight excluding hydrogens is 525 g/mol. The fourth-order valence-corrected chi connectivity index (χ4v) is 2.86. The van der Waals surface area contributed by atoms with Crippen molar-refractivity contribution in [3.63, 3.8) is 0 Å². The van der Waals surface area contributed by atoms with Gasteiger partial charge in [-0.3, -0.25) is 4.90 Å². The van der Waals surface area contributed by atoms with Crippen LogP contribution in [0.3, 0.4) is 0 Å². The highest BCUT2D eigenvalue weighted by atomic mass is 127. The van der Waals surface area contributed by atoms with E-state index in [0.717, 1.165) is 43.7 Å². The normalized spacial score (nSPS) is 15.6. The number of nitrogens with two attached hydrogens (primary N) is 1. The molecule has 1 aliphatic rings. The Morgan fingerprint density at radius 3 is 2.81 bits per heavy atom. The predicted molar refractivity (Wildman–Crippen MR) is 111 cm³/mol. The zero-order valence-electron chi connectivity index (χ0n) is 14.3. The quantitative estimate of drug-likeness (QED) is 0.226. The molecule has 0 spiro atoms. The van der Waals surface area contributed by atoms with Crippen molar-refractivity contribution < 1.29 is 18.3 Å². The number of morpholine rings is 1. The lowest BCUT2D eigenvalue weighted by atomic mass is 10.2. The van der Waals surface area contributed by atoms with Crippen LogP contribution in [0.25, 0.3) is 0 Å². The molecular formula is C16H24BrF2IN4O2. The highest BCUT2D eigenvalue weighted by Gasteiger charge is 2.11. The van der Waals surface area contributed by atoms with E-state index in [4.69, 9.17) is 10.5 Å². The van der Waals surface area contributed by atoms with Gasteiger partial charge in [-0.25, -0.2) is 4.99 Å². The van der Waals surface area contributed by atoms with Crippen LogP contribution in [-0.2, 0) is 11.3 Å². The van der Waals surface area contributed by atoms with E-state index < -0.39 is 6.61 Å². The topological polar surface area (TPSA) is 72.1 Å². The van der Waals surface area contributed by atoms with Crippen LogP contribution in [0.5, 0.6) is 5.75 Å². The van der Waals surface area contributed by atoms with E-state index in [1.165, 1.54) is 6.07 Å². The fraction of sp³-hybridized carbons (Fsp3) is 0.562. The van der Waals surface area contributed by atoms with Gasteiger partial charge in [-0.05, 0) is 31.2 Å². The van der Waals surface area contributed by atoms with E-state index in [-0.39, 0.29) is 42.2 Å². The second kappa shape index (κ2) is 12.6. The van der Waals surface area contributed by atoms with Gasteiger partial charge in [-0.15, -0.1) is 24.0 Å². The van der Waals surface area contributed by atoms with Crippen molar-refractivity contribution >= 4 is 45.9 Å². The number of aliphatic imine (C=N–C) groups is 1. The van der Waals surface area contributed by atoms with Crippen LogP contribution in [0.4, 0.5) is 8.78 Å². The largest absolute Gasteiger partial charge is 0.434 e. The lowest BCUT2D eigenvalue weighted by Crippen LogP contribution is -2.39. The van der Waals surface area contributed by atoms with E-state index >= 15 is 0 Å². The zero-order valence-corrected chi connectivity index (χ0v) is 18.2. The molecule has 26 heavy (non-hydrogen) atoms. The van der Waals surface area contributed by atoms with Gasteiger partial charge in [-0.2, -0.15) is 8.78 Å². The van der Waals surface area contributed by atoms with Crippen LogP contribution in [0.2, 0.25) is 0 Å². The molecule has 1 aromatic carbocycles. The lowest BCUT2D eigenvalue weighted by Gasteiger charge is -2.26. The maximum Gasteiger partial charge on any atom is 0.387 e. The summed E-state index contributed by atoms with van der Waals surface area (Å²) in [6, 6.07) is 4.80. The van der Waals surface area contributed by atoms with E-state index in [0.29, 0.717) is 12.1 Å². The first-order valence-electron chi connectivity index (χ1n) is 8.11. The molecule has 0 aliphatic carbocycles. The van der Waals surface area contributed by atoms with Gasteiger partial charge in [-0.1, -0.05) is 15.9 Å². The Hall–Kier alpha value is -0.720. The maximum atomic E-state index is 12.4. The van der Waals surface area contributed by atoms with Gasteiger partial charge in [0, 0.05) is 29.7 Å². The highest BCUT2D eigenvalue weighted by Crippen LogP contribution is 2.25. The average molecular weight is 549 g/mol. The molecule has 2 rings (SSSR count). The van der Waals surface area contributed by atoms with Gasteiger partial charge in [0.2, 0.25) is 0 Å². The molecule has 0 atom stereocenters. The van der Waals surface area contributed by atoms with Crippen LogP contribution in [0.15, 0.2) is 27.7 Å². The molecule has 1 aliphatic heterocycles. The van der Waals surface area contributed by atoms with Gasteiger partial charge < -0.3 is 20.5 Å². The maximum absolute atomic E-state index is 12.4. The molecule has 0 amide bonds. The van der Waals surface area contributed by atoms with E-state index in [2.05, 4.69) is 35.9 Å². The standard InChI is InChI=1S/C16H23BrF2N4O2.HI/c17-13-2-3-14(25-15(18)19)12(10-13)11-22-16(20)21-4-1-5-23-6-8-24-9-7-23;/h2-3,10,15H,1,4-9,11H2,(H3,20,21,22);1H. The number of hydrogen-bond acceptors (Lipinski definition) is 4. The van der Waals surface area contributed by atoms with Gasteiger partial charge in [0.05, 0.1) is 19.8 Å². The molecule has 1 aromatic rings. The van der Waals surface area contributed by atoms with Gasteiger partial charge in [0.25, 0.3) is 0 Å². The minimum absolute atomic E-state index is 0. The number of halogens is 4. The zero-order chi connectivity index (χ0) is 18.1. The van der Waals surface area contributed by atoms with Crippen molar-refractivity contribution in [3.8, 4) is 5.75 Å². The first-order valence-corrected chi connectivity index (χ1v) is 8.91. The number of rotatable bonds is 8. The molecule has 0 bridgehead atoms. The monoisotopic (exact) mass is 548 g/mol. The second-order valence-electron chi connectivity index (χ2n) is 5.57. The molecule has 148 valence electrons. The molecule has 0 aromatic heterocycles. The Labute approximate surface area is 177 Å². The Bertz CT molecular complexity index is 575. The summed E-state index contributed by atoms with van der Waals surface area (Å²) in [6.07, 6.45) is 0.937. The summed E-state index contributed by atoms with van der Waals surface area (Å²) in [5, 5.41) is 3.04. The van der Waals surface area contributed by atoms with Crippen molar-refractivity contribution in [3.05, 3.63) is 28.2 Å². The predicted octanol–water partition coefficient (Wildman–Crippen LogP) is 2.80. The Morgan fingerprint density at radius 1 is 1.38 bits per heavy atom. The molecule has 1 saturated heterocycles. The Kier molecular flexibility index (Phi) is 11.3. The van der Waals surface area contributed by atoms with Crippen LogP contribution >= 0.6 is 39.9 Å². The molecule has 1 fully saturated rings. The van der Waals surface area contributed by atoms with Crippen molar-refractivity contribution in [2.45, 2.75) is 19.6 Å². The summed E-state index contributed by atoms with van der Waals surface area (Å²) >= 11 is 3.31. The minimum Gasteiger partial charge on any atom is -0.434 e. The number of ether oxygens (including phenoxy) is 2. The van der Waals surface area contributed by atoms with E-state index in [9.17, 15) is 8.78 Å². The average Bonchev–Trinajstić information content (AvgIpc) is 2.59. The number of nitrogens with zero attached hydrogens (tertiary/aromatic N) is 2. The van der Waals surface area contributed by atoms with Gasteiger partial charge in [0.1, 0.15) is 5.75 Å². The number of nitrogens with one attached hydrogen (secondary N) is 1. The molecule has 0 unspecified atom stereocenters. The minimum atomic E-state index is -2.88. The van der Waals surface area contributed by atoms with Gasteiger partial charge in [0.15, 0.2) is 5.96 Å². The second-order valence-corrected chi connectivity index (χ2v) is 6.48. The fourth-order valence-electron chi connectivity index (χ4n) is 2.45. The Morgan fingerprint density at radius 2 is 2.12 bits per heavy atom. The molecule has 0 saturated carbocycles. The highest BCUT2D eigenvalue weighted by molar-refractivity contribution is 14.0. The molecule has 0 radical (unpaired) electrons. The van der Waals surface area contributed by atoms with Gasteiger partial charge >= 0.3 is 6.61 Å². The number of hydrogen-bond donors (Lipinski definition) is 2. The van der Waals surface area contributed by atoms with Crippen LogP contribution < -0.4 is 15.8 Å². The van der Waals surface area contributed by atoms with E-state index in [1.54, 1.807) is 12.1 Å². The molecule has 3 N–H and O–H groups in total. The summed E-state index contributed by atoms with van der Waals surface area (Å²) in [6.45, 7) is 2.44. The van der Waals surface area contributed by atoms with Crippen molar-refractivity contribution in [2.75, 3.05) is 39.4 Å². The van der Waals surface area contributed by atoms with Crippen molar-refractivity contribution in [1.82, 2.24) is 10.2 Å². The third kappa shape index (κ3) is 8.78. The first-order chi connectivity index (χ1) is 12.0. The van der Waals surface area contributed by atoms with Crippen LogP contribution in [0, 0.1) is 0 Å². The third-order valence-corrected chi connectivity index (χ3v) is 4.21. The summed E-state index contributed by atoms with van der Waals surface area (Å²) in [5.74, 6) is 0.381. The Balaban J connectivity index is 0.00000338. The molecule has 10 heteroatoms. The van der Waals surface area contributed by atoms with Crippen LogP contribution in [0.1, 0.15) is 12.0 Å². The SMILES string of the molecule is I.NC(=NCc1cc(Br)ccc1OC(F)F)NCCCN1CCOCC1. The van der Waals surface area contributed by atoms with Crippen molar-refractivity contribution in [1.29, 1.82) is 0 Å². The molecule has 1 heterocycles. The lowest BCUT2D eigenvalue weighted by molar-refractivity contribution is -0.0504. The summed E-state index contributed by atoms with van der Waals surface area (Å²) in [5.41, 5.74) is 6.37. The van der Waals surface area contributed by atoms with E-state index in [1.807, 2.05) is 0 Å².